The standard InChI is InChI=1S/C9H8N4/c10-4-6-2-1-3-7-9(6)13-8(5-11)12-7/h1-3H,5,11H2,(H,12,13). The van der Waals surface area contributed by atoms with Gasteiger partial charge < -0.3 is 10.7 Å². The molecule has 0 spiro atoms. The Balaban J connectivity index is 2.76. The Labute approximate surface area is 75.0 Å². The predicted octanol–water partition coefficient (Wildman–Crippen LogP) is 0.893. The van der Waals surface area contributed by atoms with Crippen LogP contribution in [0.4, 0.5) is 0 Å². The molecule has 0 aliphatic carbocycles. The van der Waals surface area contributed by atoms with Gasteiger partial charge in [0.05, 0.1) is 17.6 Å². The third kappa shape index (κ3) is 1.15. The largest absolute Gasteiger partial charge is 0.341 e. The van der Waals surface area contributed by atoms with E-state index in [4.69, 9.17) is 11.0 Å². The molecule has 0 saturated carbocycles. The van der Waals surface area contributed by atoms with Gasteiger partial charge in [-0.15, -0.1) is 0 Å². The number of rotatable bonds is 1. The molecule has 0 bridgehead atoms. The maximum Gasteiger partial charge on any atom is 0.121 e. The van der Waals surface area contributed by atoms with Crippen LogP contribution < -0.4 is 5.73 Å². The monoisotopic (exact) mass is 172 g/mol. The van der Waals surface area contributed by atoms with Crippen LogP contribution in [0.2, 0.25) is 0 Å². The van der Waals surface area contributed by atoms with E-state index in [9.17, 15) is 0 Å². The van der Waals surface area contributed by atoms with Gasteiger partial charge in [0.1, 0.15) is 17.4 Å². The van der Waals surface area contributed by atoms with Gasteiger partial charge in [-0.25, -0.2) is 4.98 Å². The van der Waals surface area contributed by atoms with E-state index in [1.807, 2.05) is 12.1 Å². The minimum Gasteiger partial charge on any atom is -0.341 e. The van der Waals surface area contributed by atoms with Gasteiger partial charge >= 0.3 is 0 Å². The molecule has 0 fully saturated rings. The van der Waals surface area contributed by atoms with Crippen LogP contribution in [-0.4, -0.2) is 9.97 Å². The summed E-state index contributed by atoms with van der Waals surface area (Å²) < 4.78 is 0. The Kier molecular flexibility index (Phi) is 1.72. The van der Waals surface area contributed by atoms with Crippen molar-refractivity contribution in [2.24, 2.45) is 5.73 Å². The van der Waals surface area contributed by atoms with Crippen LogP contribution in [0.15, 0.2) is 18.2 Å². The Hall–Kier alpha value is -1.86. The van der Waals surface area contributed by atoms with Gasteiger partial charge in [-0.05, 0) is 12.1 Å². The third-order valence-corrected chi connectivity index (χ3v) is 1.88. The summed E-state index contributed by atoms with van der Waals surface area (Å²) in [6.45, 7) is 0.361. The van der Waals surface area contributed by atoms with Crippen molar-refractivity contribution in [3.63, 3.8) is 0 Å². The van der Waals surface area contributed by atoms with Crippen LogP contribution in [0.1, 0.15) is 11.4 Å². The number of nitrogens with one attached hydrogen (secondary N) is 1. The topological polar surface area (TPSA) is 78.5 Å². The highest BCUT2D eigenvalue weighted by Gasteiger charge is 2.04. The summed E-state index contributed by atoms with van der Waals surface area (Å²) in [5.74, 6) is 0.706. The fraction of sp³-hybridized carbons (Fsp3) is 0.111. The molecule has 4 nitrogen and oxygen atoms in total. The SMILES string of the molecule is N#Cc1cccc2[nH]c(CN)nc12. The highest BCUT2D eigenvalue weighted by molar-refractivity contribution is 5.81. The first-order chi connectivity index (χ1) is 6.35. The molecule has 0 amide bonds. The first-order valence-electron chi connectivity index (χ1n) is 3.93. The number of benzene rings is 1. The smallest absolute Gasteiger partial charge is 0.121 e. The minimum absolute atomic E-state index is 0.361. The molecule has 0 unspecified atom stereocenters. The number of H-pyrrole nitrogens is 1. The molecule has 0 radical (unpaired) electrons. The van der Waals surface area contributed by atoms with E-state index < -0.39 is 0 Å². The molecule has 13 heavy (non-hydrogen) atoms. The molecule has 0 aliphatic heterocycles. The average Bonchev–Trinajstić information content (AvgIpc) is 2.59. The lowest BCUT2D eigenvalue weighted by molar-refractivity contribution is 0.958. The summed E-state index contributed by atoms with van der Waals surface area (Å²) in [5, 5.41) is 8.78. The van der Waals surface area contributed by atoms with E-state index in [0.29, 0.717) is 23.4 Å². The predicted molar refractivity (Wildman–Crippen MR) is 48.7 cm³/mol. The van der Waals surface area contributed by atoms with E-state index >= 15 is 0 Å². The molecule has 1 aromatic heterocycles. The molecular formula is C9H8N4. The van der Waals surface area contributed by atoms with E-state index in [-0.39, 0.29) is 0 Å². The van der Waals surface area contributed by atoms with Crippen molar-refractivity contribution < 1.29 is 0 Å². The number of aromatic nitrogens is 2. The van der Waals surface area contributed by atoms with Crippen LogP contribution >= 0.6 is 0 Å². The second-order valence-corrected chi connectivity index (χ2v) is 2.70. The van der Waals surface area contributed by atoms with Crippen molar-refractivity contribution in [2.45, 2.75) is 6.54 Å². The van der Waals surface area contributed by atoms with E-state index in [1.54, 1.807) is 6.07 Å². The van der Waals surface area contributed by atoms with Gasteiger partial charge in [0, 0.05) is 0 Å². The van der Waals surface area contributed by atoms with Crippen molar-refractivity contribution in [3.8, 4) is 6.07 Å². The fourth-order valence-electron chi connectivity index (χ4n) is 1.27. The van der Waals surface area contributed by atoms with Gasteiger partial charge in [-0.1, -0.05) is 6.07 Å². The Morgan fingerprint density at radius 2 is 2.38 bits per heavy atom. The Bertz CT molecular complexity index is 478. The summed E-state index contributed by atoms with van der Waals surface area (Å²) in [6, 6.07) is 7.52. The van der Waals surface area contributed by atoms with Crippen molar-refractivity contribution in [2.75, 3.05) is 0 Å². The van der Waals surface area contributed by atoms with Crippen LogP contribution in [0.25, 0.3) is 11.0 Å². The van der Waals surface area contributed by atoms with Crippen LogP contribution in [-0.2, 0) is 6.54 Å². The number of aromatic amines is 1. The first-order valence-corrected chi connectivity index (χ1v) is 3.93. The molecule has 1 heterocycles. The molecule has 1 aromatic carbocycles. The fourth-order valence-corrected chi connectivity index (χ4v) is 1.27. The van der Waals surface area contributed by atoms with E-state index in [2.05, 4.69) is 16.0 Å². The molecule has 64 valence electrons. The lowest BCUT2D eigenvalue weighted by atomic mass is 10.2. The summed E-state index contributed by atoms with van der Waals surface area (Å²) >= 11 is 0. The van der Waals surface area contributed by atoms with Crippen molar-refractivity contribution >= 4 is 11.0 Å². The maximum atomic E-state index is 8.78. The average molecular weight is 172 g/mol. The number of hydrogen-bond donors (Lipinski definition) is 2. The zero-order valence-electron chi connectivity index (χ0n) is 6.91. The highest BCUT2D eigenvalue weighted by atomic mass is 14.9. The van der Waals surface area contributed by atoms with Crippen LogP contribution in [0.5, 0.6) is 0 Å². The number of para-hydroxylation sites is 1. The van der Waals surface area contributed by atoms with Gasteiger partial charge in [-0.2, -0.15) is 5.26 Å². The molecule has 2 aromatic rings. The van der Waals surface area contributed by atoms with Crippen molar-refractivity contribution in [3.05, 3.63) is 29.6 Å². The number of nitrogens with zero attached hydrogens (tertiary/aromatic N) is 2. The van der Waals surface area contributed by atoms with Gasteiger partial charge in [0.2, 0.25) is 0 Å². The second-order valence-electron chi connectivity index (χ2n) is 2.70. The van der Waals surface area contributed by atoms with Crippen molar-refractivity contribution in [1.82, 2.24) is 9.97 Å². The molecule has 4 heteroatoms. The van der Waals surface area contributed by atoms with Gasteiger partial charge in [0.25, 0.3) is 0 Å². The quantitative estimate of drug-likeness (QED) is 0.670. The zero-order valence-corrected chi connectivity index (χ0v) is 6.91. The Morgan fingerprint density at radius 1 is 1.54 bits per heavy atom. The minimum atomic E-state index is 0.361. The number of nitriles is 1. The summed E-state index contributed by atoms with van der Waals surface area (Å²) in [5.41, 5.74) is 7.57. The normalized spacial score (nSPS) is 10.2. The first kappa shape index (κ1) is 7.77. The molecule has 3 N–H and O–H groups in total. The van der Waals surface area contributed by atoms with E-state index in [1.165, 1.54) is 0 Å². The van der Waals surface area contributed by atoms with Gasteiger partial charge in [-0.3, -0.25) is 0 Å². The molecule has 0 aliphatic rings. The number of hydrogen-bond acceptors (Lipinski definition) is 3. The van der Waals surface area contributed by atoms with Gasteiger partial charge in [0.15, 0.2) is 0 Å². The number of imidazole rings is 1. The summed E-state index contributed by atoms with van der Waals surface area (Å²) in [4.78, 5) is 7.23. The molecule has 0 atom stereocenters. The second kappa shape index (κ2) is 2.88. The van der Waals surface area contributed by atoms with Crippen LogP contribution in [0.3, 0.4) is 0 Å². The van der Waals surface area contributed by atoms with E-state index in [0.717, 1.165) is 5.52 Å². The highest BCUT2D eigenvalue weighted by Crippen LogP contribution is 2.14. The zero-order chi connectivity index (χ0) is 9.26. The molecule has 0 saturated heterocycles. The summed E-state index contributed by atoms with van der Waals surface area (Å²) in [7, 11) is 0. The molecule has 2 rings (SSSR count). The summed E-state index contributed by atoms with van der Waals surface area (Å²) in [6.07, 6.45) is 0. The lowest BCUT2D eigenvalue weighted by Crippen LogP contribution is -1.97. The van der Waals surface area contributed by atoms with Crippen molar-refractivity contribution in [1.29, 1.82) is 5.26 Å². The number of fused-ring (bicyclic) bond motifs is 1. The molecular weight excluding hydrogens is 164 g/mol. The third-order valence-electron chi connectivity index (χ3n) is 1.88. The lowest BCUT2D eigenvalue weighted by Gasteiger charge is -1.88. The van der Waals surface area contributed by atoms with Crippen LogP contribution in [0, 0.1) is 11.3 Å². The number of nitrogens with two attached hydrogens (primary N) is 1. The maximum absolute atomic E-state index is 8.78. The Morgan fingerprint density at radius 3 is 3.08 bits per heavy atom.